The summed E-state index contributed by atoms with van der Waals surface area (Å²) in [7, 11) is 3.13. The van der Waals surface area contributed by atoms with Gasteiger partial charge in [0.2, 0.25) is 0 Å². The van der Waals surface area contributed by atoms with Crippen LogP contribution >= 0.6 is 11.6 Å². The number of halogens is 1. The normalized spacial score (nSPS) is 15.6. The molecule has 1 atom stereocenters. The van der Waals surface area contributed by atoms with Crippen molar-refractivity contribution in [2.75, 3.05) is 33.0 Å². The Bertz CT molecular complexity index is 1210. The summed E-state index contributed by atoms with van der Waals surface area (Å²) in [5, 5.41) is 10.2. The first-order chi connectivity index (χ1) is 14.9. The van der Waals surface area contributed by atoms with E-state index in [1.54, 1.807) is 37.0 Å². The number of hydrogen-bond acceptors (Lipinski definition) is 6. The molecule has 1 aromatic carbocycles. The number of aromatic nitrogens is 3. The van der Waals surface area contributed by atoms with Gasteiger partial charge in [-0.25, -0.2) is 14.8 Å². The van der Waals surface area contributed by atoms with Crippen LogP contribution < -0.4 is 15.2 Å². The van der Waals surface area contributed by atoms with Gasteiger partial charge in [-0.15, -0.1) is 0 Å². The van der Waals surface area contributed by atoms with E-state index in [-0.39, 0.29) is 11.9 Å². The zero-order chi connectivity index (χ0) is 22.1. The number of amides is 1. The van der Waals surface area contributed by atoms with Crippen LogP contribution in [-0.2, 0) is 0 Å². The van der Waals surface area contributed by atoms with Crippen molar-refractivity contribution in [3.63, 3.8) is 0 Å². The quantitative estimate of drug-likeness (QED) is 0.600. The number of likely N-dealkylation sites (tertiary alicyclic amines) is 1. The molecular weight excluding hydrogens is 422 g/mol. The molecule has 0 spiro atoms. The first-order valence-corrected chi connectivity index (χ1v) is 9.83. The van der Waals surface area contributed by atoms with Crippen LogP contribution in [0.3, 0.4) is 0 Å². The van der Waals surface area contributed by atoms with Crippen molar-refractivity contribution in [1.82, 2.24) is 19.4 Å². The Morgan fingerprint density at radius 3 is 2.55 bits per heavy atom. The van der Waals surface area contributed by atoms with Crippen molar-refractivity contribution in [2.45, 2.75) is 12.5 Å². The highest BCUT2D eigenvalue weighted by Crippen LogP contribution is 2.36. The summed E-state index contributed by atoms with van der Waals surface area (Å²) in [6.45, 7) is 0.726. The van der Waals surface area contributed by atoms with E-state index in [1.807, 2.05) is 0 Å². The predicted molar refractivity (Wildman–Crippen MR) is 116 cm³/mol. The molecule has 0 bridgehead atoms. The van der Waals surface area contributed by atoms with E-state index >= 15 is 0 Å². The van der Waals surface area contributed by atoms with Gasteiger partial charge in [-0.3, -0.25) is 0 Å². The van der Waals surface area contributed by atoms with Crippen LogP contribution in [0.5, 0.6) is 11.5 Å². The molecule has 31 heavy (non-hydrogen) atoms. The number of carbonyl (C=O) groups is 1. The zero-order valence-electron chi connectivity index (χ0n) is 16.9. The van der Waals surface area contributed by atoms with Crippen molar-refractivity contribution in [2.24, 2.45) is 0 Å². The number of nitrogens with zero attached hydrogens (tertiary/aromatic N) is 4. The van der Waals surface area contributed by atoms with Crippen LogP contribution in [0, 0.1) is 11.8 Å². The number of anilines is 1. The standard InChI is InChI=1S/C21H20ClN5O4/c1-30-14-7-12(8-15(9-14)31-2)3-4-16-17-19(23)24-11-25-20(17)27(18(16)22)13-5-6-26(10-13)21(28)29/h7-9,11,13H,5-6,10H2,1-2H3,(H,28,29)(H2,23,24,25)/t13-/m0/s1. The SMILES string of the molecule is COc1cc(C#Cc2c(Cl)n([C@H]3CCN(C(=O)O)C3)c3ncnc(N)c23)cc(OC)c1. The number of fused-ring (bicyclic) bond motifs is 1. The lowest BCUT2D eigenvalue weighted by Crippen LogP contribution is -2.27. The zero-order valence-corrected chi connectivity index (χ0v) is 17.7. The molecule has 1 fully saturated rings. The molecule has 1 amide bonds. The fraction of sp³-hybridized carbons (Fsp3) is 0.286. The van der Waals surface area contributed by atoms with Crippen LogP contribution in [0.2, 0.25) is 5.15 Å². The highest BCUT2D eigenvalue weighted by atomic mass is 35.5. The van der Waals surface area contributed by atoms with E-state index in [0.717, 1.165) is 0 Å². The number of rotatable bonds is 3. The summed E-state index contributed by atoms with van der Waals surface area (Å²) in [5.41, 5.74) is 7.83. The molecular formula is C21H20ClN5O4. The highest BCUT2D eigenvalue weighted by molar-refractivity contribution is 6.32. The monoisotopic (exact) mass is 441 g/mol. The van der Waals surface area contributed by atoms with Gasteiger partial charge >= 0.3 is 6.09 Å². The summed E-state index contributed by atoms with van der Waals surface area (Å²) in [6.07, 6.45) is 1.01. The van der Waals surface area contributed by atoms with Gasteiger partial charge in [0.15, 0.2) is 0 Å². The average molecular weight is 442 g/mol. The molecule has 1 aliphatic heterocycles. The number of hydrogen-bond donors (Lipinski definition) is 2. The fourth-order valence-corrected chi connectivity index (χ4v) is 4.08. The number of ether oxygens (including phenoxy) is 2. The maximum Gasteiger partial charge on any atom is 0.407 e. The lowest BCUT2D eigenvalue weighted by molar-refractivity contribution is 0.154. The van der Waals surface area contributed by atoms with Gasteiger partial charge in [0.25, 0.3) is 0 Å². The van der Waals surface area contributed by atoms with Crippen molar-refractivity contribution in [3.8, 4) is 23.3 Å². The molecule has 0 aliphatic carbocycles. The third-order valence-electron chi connectivity index (χ3n) is 5.23. The number of methoxy groups -OCH3 is 2. The minimum Gasteiger partial charge on any atom is -0.497 e. The molecule has 0 saturated carbocycles. The Morgan fingerprint density at radius 1 is 1.23 bits per heavy atom. The molecule has 3 heterocycles. The van der Waals surface area contributed by atoms with Gasteiger partial charge in [-0.1, -0.05) is 23.4 Å². The molecule has 160 valence electrons. The maximum atomic E-state index is 11.3. The van der Waals surface area contributed by atoms with Crippen molar-refractivity contribution in [3.05, 3.63) is 40.8 Å². The first-order valence-electron chi connectivity index (χ1n) is 9.45. The van der Waals surface area contributed by atoms with E-state index < -0.39 is 6.09 Å². The second-order valence-electron chi connectivity index (χ2n) is 7.02. The van der Waals surface area contributed by atoms with Crippen molar-refractivity contribution in [1.29, 1.82) is 0 Å². The van der Waals surface area contributed by atoms with Gasteiger partial charge in [0, 0.05) is 24.7 Å². The van der Waals surface area contributed by atoms with Crippen LogP contribution in [0.15, 0.2) is 24.5 Å². The lowest BCUT2D eigenvalue weighted by atomic mass is 10.1. The largest absolute Gasteiger partial charge is 0.497 e. The summed E-state index contributed by atoms with van der Waals surface area (Å²) < 4.78 is 12.4. The van der Waals surface area contributed by atoms with E-state index in [4.69, 9.17) is 26.8 Å². The van der Waals surface area contributed by atoms with Gasteiger partial charge in [-0.05, 0) is 18.6 Å². The summed E-state index contributed by atoms with van der Waals surface area (Å²) >= 11 is 6.74. The third kappa shape index (κ3) is 3.78. The van der Waals surface area contributed by atoms with E-state index in [0.29, 0.717) is 58.3 Å². The number of nitrogens with two attached hydrogens (primary N) is 1. The molecule has 4 rings (SSSR count). The fourth-order valence-electron chi connectivity index (χ4n) is 3.72. The number of carboxylic acid groups (broad SMARTS) is 1. The Balaban J connectivity index is 1.83. The summed E-state index contributed by atoms with van der Waals surface area (Å²) in [5.74, 6) is 7.65. The Kier molecular flexibility index (Phi) is 5.48. The number of benzene rings is 1. The van der Waals surface area contributed by atoms with Gasteiger partial charge < -0.3 is 29.8 Å². The van der Waals surface area contributed by atoms with Gasteiger partial charge in [0.1, 0.15) is 34.4 Å². The van der Waals surface area contributed by atoms with Crippen molar-refractivity contribution < 1.29 is 19.4 Å². The highest BCUT2D eigenvalue weighted by Gasteiger charge is 2.31. The van der Waals surface area contributed by atoms with Gasteiger partial charge in [0.05, 0.1) is 31.2 Å². The molecule has 3 N–H and O–H groups in total. The summed E-state index contributed by atoms with van der Waals surface area (Å²) in [6, 6.07) is 5.14. The lowest BCUT2D eigenvalue weighted by Gasteiger charge is -2.15. The second kappa shape index (κ2) is 8.24. The van der Waals surface area contributed by atoms with Gasteiger partial charge in [-0.2, -0.15) is 0 Å². The minimum absolute atomic E-state index is 0.173. The summed E-state index contributed by atoms with van der Waals surface area (Å²) in [4.78, 5) is 21.1. The van der Waals surface area contributed by atoms with Crippen LogP contribution in [-0.4, -0.2) is 57.9 Å². The molecule has 1 saturated heterocycles. The van der Waals surface area contributed by atoms with E-state index in [2.05, 4.69) is 21.8 Å². The Labute approximate surface area is 183 Å². The van der Waals surface area contributed by atoms with Crippen LogP contribution in [0.1, 0.15) is 23.6 Å². The molecule has 2 aromatic heterocycles. The Hall–Kier alpha value is -3.64. The van der Waals surface area contributed by atoms with Crippen LogP contribution in [0.4, 0.5) is 10.6 Å². The van der Waals surface area contributed by atoms with Crippen molar-refractivity contribution >= 4 is 34.5 Å². The minimum atomic E-state index is -0.962. The second-order valence-corrected chi connectivity index (χ2v) is 7.37. The average Bonchev–Trinajstić information content (AvgIpc) is 3.35. The molecule has 9 nitrogen and oxygen atoms in total. The molecule has 0 unspecified atom stereocenters. The maximum absolute atomic E-state index is 11.3. The molecule has 0 radical (unpaired) electrons. The smallest absolute Gasteiger partial charge is 0.407 e. The number of nitrogen functional groups attached to an aromatic ring is 1. The Morgan fingerprint density at radius 2 is 1.94 bits per heavy atom. The van der Waals surface area contributed by atoms with E-state index in [1.165, 1.54) is 11.2 Å². The third-order valence-corrected chi connectivity index (χ3v) is 5.61. The predicted octanol–water partition coefficient (Wildman–Crippen LogP) is 3.01. The first kappa shape index (κ1) is 20.6. The molecule has 10 heteroatoms. The van der Waals surface area contributed by atoms with E-state index in [9.17, 15) is 9.90 Å². The van der Waals surface area contributed by atoms with Crippen LogP contribution in [0.25, 0.3) is 11.0 Å². The molecule has 1 aliphatic rings. The molecule has 3 aromatic rings. The topological polar surface area (TPSA) is 116 Å².